The van der Waals surface area contributed by atoms with Crippen molar-refractivity contribution in [2.75, 3.05) is 26.2 Å². The number of likely N-dealkylation sites (tertiary alicyclic amines) is 1. The Bertz CT molecular complexity index is 1050. The van der Waals surface area contributed by atoms with Crippen LogP contribution in [0.25, 0.3) is 11.1 Å². The van der Waals surface area contributed by atoms with E-state index in [1.165, 1.54) is 0 Å². The summed E-state index contributed by atoms with van der Waals surface area (Å²) in [6, 6.07) is 16.3. The lowest BCUT2D eigenvalue weighted by molar-refractivity contribution is -0.149. The van der Waals surface area contributed by atoms with Crippen LogP contribution in [0.2, 0.25) is 0 Å². The highest BCUT2D eigenvalue weighted by atomic mass is 16.5. The molecule has 1 unspecified atom stereocenters. The quantitative estimate of drug-likeness (QED) is 0.643. The van der Waals surface area contributed by atoms with Gasteiger partial charge in [0, 0.05) is 25.6 Å². The van der Waals surface area contributed by atoms with Crippen molar-refractivity contribution < 1.29 is 24.2 Å². The number of hydrogen-bond donors (Lipinski definition) is 2. The minimum absolute atomic E-state index is 0.0264. The van der Waals surface area contributed by atoms with Gasteiger partial charge in [0.15, 0.2) is 0 Å². The smallest absolute Gasteiger partial charge is 0.407 e. The molecule has 1 heterocycles. The summed E-state index contributed by atoms with van der Waals surface area (Å²) in [4.78, 5) is 38.8. The van der Waals surface area contributed by atoms with Crippen LogP contribution in [0.1, 0.15) is 44.2 Å². The number of hydrogen-bond acceptors (Lipinski definition) is 4. The molecule has 4 rings (SSSR count). The normalized spacial score (nSPS) is 22.1. The fraction of sp³-hybridized carbons (Fsp3) is 0.444. The Labute approximate surface area is 200 Å². The third-order valence-electron chi connectivity index (χ3n) is 7.58. The highest BCUT2D eigenvalue weighted by Gasteiger charge is 2.48. The summed E-state index contributed by atoms with van der Waals surface area (Å²) < 4.78 is 5.57. The van der Waals surface area contributed by atoms with Crippen LogP contribution in [0.5, 0.6) is 0 Å². The van der Waals surface area contributed by atoms with Gasteiger partial charge < -0.3 is 20.1 Å². The van der Waals surface area contributed by atoms with E-state index in [4.69, 9.17) is 4.74 Å². The summed E-state index contributed by atoms with van der Waals surface area (Å²) in [7, 11) is 0. The molecule has 3 atom stereocenters. The molecular formula is C27H32N2O5. The maximum Gasteiger partial charge on any atom is 0.407 e. The first kappa shape index (κ1) is 23.8. The first-order valence-corrected chi connectivity index (χ1v) is 11.9. The minimum atomic E-state index is -0.950. The molecule has 0 radical (unpaired) electrons. The van der Waals surface area contributed by atoms with Crippen LogP contribution in [0.3, 0.4) is 0 Å². The number of nitrogens with zero attached hydrogens (tertiary/aromatic N) is 1. The Kier molecular flexibility index (Phi) is 6.64. The van der Waals surface area contributed by atoms with Crippen LogP contribution in [-0.2, 0) is 14.3 Å². The summed E-state index contributed by atoms with van der Waals surface area (Å²) in [5.41, 5.74) is 3.66. The minimum Gasteiger partial charge on any atom is -0.481 e. The van der Waals surface area contributed by atoms with E-state index in [9.17, 15) is 19.5 Å². The molecule has 2 aromatic rings. The van der Waals surface area contributed by atoms with E-state index in [1.54, 1.807) is 11.8 Å². The monoisotopic (exact) mass is 464 g/mol. The fourth-order valence-corrected chi connectivity index (χ4v) is 5.12. The zero-order valence-electron chi connectivity index (χ0n) is 19.9. The number of fused-ring (bicyclic) bond motifs is 3. The molecule has 0 spiro atoms. The van der Waals surface area contributed by atoms with Gasteiger partial charge in [0.1, 0.15) is 6.61 Å². The fourth-order valence-electron chi connectivity index (χ4n) is 5.12. The zero-order valence-corrected chi connectivity index (χ0v) is 19.9. The van der Waals surface area contributed by atoms with E-state index < -0.39 is 23.4 Å². The summed E-state index contributed by atoms with van der Waals surface area (Å²) >= 11 is 0. The third-order valence-corrected chi connectivity index (χ3v) is 7.58. The van der Waals surface area contributed by atoms with Gasteiger partial charge >= 0.3 is 12.1 Å². The van der Waals surface area contributed by atoms with Crippen molar-refractivity contribution in [2.24, 2.45) is 17.3 Å². The van der Waals surface area contributed by atoms with Gasteiger partial charge in [-0.15, -0.1) is 0 Å². The molecule has 2 aromatic carbocycles. The Morgan fingerprint density at radius 3 is 2.24 bits per heavy atom. The maximum atomic E-state index is 13.0. The van der Waals surface area contributed by atoms with Crippen molar-refractivity contribution in [1.29, 1.82) is 0 Å². The molecule has 1 aliphatic heterocycles. The van der Waals surface area contributed by atoms with Crippen molar-refractivity contribution in [3.8, 4) is 11.1 Å². The second-order valence-corrected chi connectivity index (χ2v) is 9.65. The lowest BCUT2D eigenvalue weighted by Gasteiger charge is -2.25. The van der Waals surface area contributed by atoms with Crippen LogP contribution in [0.15, 0.2) is 48.5 Å². The van der Waals surface area contributed by atoms with Crippen molar-refractivity contribution in [2.45, 2.75) is 33.1 Å². The number of nitrogens with one attached hydrogen (secondary N) is 1. The van der Waals surface area contributed by atoms with Gasteiger partial charge in [-0.2, -0.15) is 0 Å². The number of carbonyl (C=O) groups is 3. The van der Waals surface area contributed by atoms with E-state index in [1.807, 2.05) is 38.1 Å². The highest BCUT2D eigenvalue weighted by Crippen LogP contribution is 2.44. The molecule has 1 aliphatic carbocycles. The molecule has 0 aromatic heterocycles. The molecule has 0 bridgehead atoms. The van der Waals surface area contributed by atoms with Gasteiger partial charge in [-0.1, -0.05) is 62.4 Å². The topological polar surface area (TPSA) is 95.9 Å². The number of ether oxygens (including phenoxy) is 1. The highest BCUT2D eigenvalue weighted by molar-refractivity contribution is 5.83. The van der Waals surface area contributed by atoms with E-state index in [0.29, 0.717) is 13.0 Å². The van der Waals surface area contributed by atoms with Gasteiger partial charge in [0.05, 0.1) is 11.3 Å². The molecule has 7 nitrogen and oxygen atoms in total. The third kappa shape index (κ3) is 4.27. The van der Waals surface area contributed by atoms with Crippen LogP contribution >= 0.6 is 0 Å². The van der Waals surface area contributed by atoms with Gasteiger partial charge in [0.2, 0.25) is 5.91 Å². The molecule has 0 saturated carbocycles. The first-order valence-electron chi connectivity index (χ1n) is 11.9. The number of carboxylic acids is 1. The Morgan fingerprint density at radius 1 is 1.12 bits per heavy atom. The van der Waals surface area contributed by atoms with Crippen LogP contribution in [0, 0.1) is 17.3 Å². The zero-order chi connectivity index (χ0) is 24.5. The van der Waals surface area contributed by atoms with Crippen molar-refractivity contribution in [3.05, 3.63) is 59.7 Å². The molecular weight excluding hydrogens is 432 g/mol. The largest absolute Gasteiger partial charge is 0.481 e. The number of carboxylic acid groups (broad SMARTS) is 1. The summed E-state index contributed by atoms with van der Waals surface area (Å²) in [5.74, 6) is -1.61. The maximum absolute atomic E-state index is 13.0. The predicted molar refractivity (Wildman–Crippen MR) is 128 cm³/mol. The van der Waals surface area contributed by atoms with Crippen molar-refractivity contribution in [1.82, 2.24) is 10.2 Å². The number of aliphatic carboxylic acids is 1. The average Bonchev–Trinajstić information content (AvgIpc) is 3.33. The SMILES string of the molecule is CCC(CNC(=O)OCC1c2ccccc2-c2ccccc21)C(=O)N1C[C@H](C)[C@@](C)(C(=O)O)C1. The average molecular weight is 465 g/mol. The van der Waals surface area contributed by atoms with Gasteiger partial charge in [-0.3, -0.25) is 9.59 Å². The Hall–Kier alpha value is -3.35. The number of benzene rings is 2. The number of amides is 2. The van der Waals surface area contributed by atoms with E-state index in [2.05, 4.69) is 29.6 Å². The molecule has 1 fully saturated rings. The predicted octanol–water partition coefficient (Wildman–Crippen LogP) is 4.12. The number of carbonyl (C=O) groups excluding carboxylic acids is 2. The summed E-state index contributed by atoms with van der Waals surface area (Å²) in [5, 5.41) is 12.3. The summed E-state index contributed by atoms with van der Waals surface area (Å²) in [6.45, 7) is 6.39. The Morgan fingerprint density at radius 2 is 1.71 bits per heavy atom. The van der Waals surface area contributed by atoms with E-state index in [0.717, 1.165) is 22.3 Å². The lowest BCUT2D eigenvalue weighted by atomic mass is 9.81. The van der Waals surface area contributed by atoms with E-state index >= 15 is 0 Å². The number of alkyl carbamates (subject to hydrolysis) is 1. The van der Waals surface area contributed by atoms with Crippen LogP contribution < -0.4 is 5.32 Å². The molecule has 2 amide bonds. The van der Waals surface area contributed by atoms with Gasteiger partial charge in [-0.25, -0.2) is 4.79 Å². The molecule has 2 N–H and O–H groups in total. The molecule has 180 valence electrons. The molecule has 7 heteroatoms. The van der Waals surface area contributed by atoms with Crippen LogP contribution in [0.4, 0.5) is 4.79 Å². The second kappa shape index (κ2) is 9.49. The molecule has 1 saturated heterocycles. The Balaban J connectivity index is 1.33. The molecule has 2 aliphatic rings. The second-order valence-electron chi connectivity index (χ2n) is 9.65. The molecule has 34 heavy (non-hydrogen) atoms. The summed E-state index contributed by atoms with van der Waals surface area (Å²) in [6.07, 6.45) is -0.0183. The first-order chi connectivity index (χ1) is 16.3. The van der Waals surface area contributed by atoms with Gasteiger partial charge in [-0.05, 0) is 41.5 Å². The van der Waals surface area contributed by atoms with E-state index in [-0.39, 0.29) is 37.4 Å². The van der Waals surface area contributed by atoms with Crippen molar-refractivity contribution >= 4 is 18.0 Å². The van der Waals surface area contributed by atoms with Gasteiger partial charge in [0.25, 0.3) is 0 Å². The lowest BCUT2D eigenvalue weighted by Crippen LogP contribution is -2.42. The standard InChI is InChI=1S/C27H32N2O5/c1-4-18(24(30)29-14-17(2)27(3,16-29)25(31)32)13-28-26(33)34-15-23-21-11-7-5-9-19(21)20-10-6-8-12-22(20)23/h5-12,17-18,23H,4,13-16H2,1-3H3,(H,28,33)(H,31,32)/t17-,18?,27-/m0/s1. The van der Waals surface area contributed by atoms with Crippen molar-refractivity contribution in [3.63, 3.8) is 0 Å². The number of rotatable bonds is 7. The van der Waals surface area contributed by atoms with Crippen LogP contribution in [-0.4, -0.2) is 54.2 Å².